The second-order valence-corrected chi connectivity index (χ2v) is 9.96. The lowest BCUT2D eigenvalue weighted by Crippen LogP contribution is -2.28. The summed E-state index contributed by atoms with van der Waals surface area (Å²) < 4.78 is 7.04. The van der Waals surface area contributed by atoms with Crippen molar-refractivity contribution < 1.29 is 9.21 Å². The largest absolute Gasteiger partial charge is 0.457 e. The van der Waals surface area contributed by atoms with E-state index in [4.69, 9.17) is 9.41 Å². The number of anilines is 1. The molecular formula is C28H21BrN2O2S. The maximum atomic E-state index is 13.5. The highest BCUT2D eigenvalue weighted by Gasteiger charge is 2.35. The maximum Gasteiger partial charge on any atom is 0.271 e. The fraction of sp³-hybridized carbons (Fsp3) is 0.0714. The van der Waals surface area contributed by atoms with Crippen molar-refractivity contribution in [2.45, 2.75) is 13.8 Å². The molecule has 0 saturated carbocycles. The zero-order valence-electron chi connectivity index (χ0n) is 18.7. The van der Waals surface area contributed by atoms with E-state index in [0.29, 0.717) is 15.8 Å². The van der Waals surface area contributed by atoms with Crippen LogP contribution in [-0.4, -0.2) is 11.1 Å². The van der Waals surface area contributed by atoms with Gasteiger partial charge in [0.05, 0.1) is 16.3 Å². The normalized spacial score (nSPS) is 16.1. The summed E-state index contributed by atoms with van der Waals surface area (Å²) >= 11 is 4.81. The minimum absolute atomic E-state index is 0.122. The van der Waals surface area contributed by atoms with Gasteiger partial charge in [0, 0.05) is 16.1 Å². The molecule has 1 aromatic heterocycles. The molecule has 168 valence electrons. The van der Waals surface area contributed by atoms with Crippen LogP contribution in [0.5, 0.6) is 0 Å². The van der Waals surface area contributed by atoms with Crippen LogP contribution in [0.2, 0.25) is 0 Å². The summed E-state index contributed by atoms with van der Waals surface area (Å²) in [5.74, 6) is 1.25. The number of carbonyl (C=O) groups is 1. The predicted octanol–water partition coefficient (Wildman–Crippen LogP) is 8.13. The fourth-order valence-electron chi connectivity index (χ4n) is 3.68. The van der Waals surface area contributed by atoms with Crippen molar-refractivity contribution in [1.29, 1.82) is 0 Å². The van der Waals surface area contributed by atoms with E-state index >= 15 is 0 Å². The van der Waals surface area contributed by atoms with E-state index in [9.17, 15) is 4.79 Å². The van der Waals surface area contributed by atoms with E-state index in [1.807, 2.05) is 98.8 Å². The summed E-state index contributed by atoms with van der Waals surface area (Å²) in [7, 11) is 0. The molecule has 0 N–H and O–H groups in total. The van der Waals surface area contributed by atoms with Crippen LogP contribution in [0.3, 0.4) is 0 Å². The summed E-state index contributed by atoms with van der Waals surface area (Å²) in [5, 5.41) is 0.618. The first-order chi connectivity index (χ1) is 16.5. The molecule has 1 aliphatic heterocycles. The van der Waals surface area contributed by atoms with E-state index < -0.39 is 0 Å². The molecule has 1 fully saturated rings. The standard InChI is InChI=1S/C28H21BrN2O2S/c1-18-5-3-7-22(15-18)30-28-31(23-8-4-6-19(2)16-23)27(32)26(34-28)17-24-13-14-25(33-24)20-9-11-21(29)12-10-20/h3-17H,1-2H3/b26-17-,30-28?. The fourth-order valence-corrected chi connectivity index (χ4v) is 4.93. The molecule has 4 aromatic rings. The van der Waals surface area contributed by atoms with Crippen LogP contribution in [0.4, 0.5) is 11.4 Å². The SMILES string of the molecule is Cc1cccc(N=C2S/C(=C\c3ccc(-c4ccc(Br)cc4)o3)C(=O)N2c2cccc(C)c2)c1. The number of furan rings is 1. The Kier molecular flexibility index (Phi) is 6.26. The third-order valence-corrected chi connectivity index (χ3v) is 6.82. The summed E-state index contributed by atoms with van der Waals surface area (Å²) in [5.41, 5.74) is 4.77. The Balaban J connectivity index is 1.52. The lowest BCUT2D eigenvalue weighted by atomic mass is 10.2. The molecule has 3 aromatic carbocycles. The van der Waals surface area contributed by atoms with Gasteiger partial charge in [0.2, 0.25) is 0 Å². The van der Waals surface area contributed by atoms with E-state index in [2.05, 4.69) is 15.9 Å². The van der Waals surface area contributed by atoms with Crippen molar-refractivity contribution in [1.82, 2.24) is 0 Å². The lowest BCUT2D eigenvalue weighted by Gasteiger charge is -2.16. The van der Waals surface area contributed by atoms with Crippen LogP contribution in [0, 0.1) is 13.8 Å². The number of nitrogens with zero attached hydrogens (tertiary/aromatic N) is 2. The van der Waals surface area contributed by atoms with Gasteiger partial charge in [-0.05, 0) is 85.3 Å². The third kappa shape index (κ3) is 4.79. The monoisotopic (exact) mass is 528 g/mol. The molecule has 5 rings (SSSR count). The molecule has 1 aliphatic rings. The van der Waals surface area contributed by atoms with Crippen LogP contribution >= 0.6 is 27.7 Å². The summed E-state index contributed by atoms with van der Waals surface area (Å²) in [6.07, 6.45) is 1.79. The molecule has 0 radical (unpaired) electrons. The number of halogens is 1. The Morgan fingerprint density at radius 2 is 1.65 bits per heavy atom. The van der Waals surface area contributed by atoms with Crippen molar-refractivity contribution in [3.05, 3.63) is 111 Å². The Morgan fingerprint density at radius 3 is 2.38 bits per heavy atom. The number of thioether (sulfide) groups is 1. The van der Waals surface area contributed by atoms with Gasteiger partial charge in [-0.15, -0.1) is 0 Å². The first-order valence-corrected chi connectivity index (χ1v) is 12.4. The zero-order valence-corrected chi connectivity index (χ0v) is 21.1. The molecule has 4 nitrogen and oxygen atoms in total. The highest BCUT2D eigenvalue weighted by molar-refractivity contribution is 9.10. The molecular weight excluding hydrogens is 508 g/mol. The highest BCUT2D eigenvalue weighted by atomic mass is 79.9. The van der Waals surface area contributed by atoms with Crippen molar-refractivity contribution in [3.63, 3.8) is 0 Å². The molecule has 0 unspecified atom stereocenters. The number of amidine groups is 1. The zero-order chi connectivity index (χ0) is 23.7. The molecule has 0 spiro atoms. The van der Waals surface area contributed by atoms with E-state index in [1.54, 1.807) is 11.0 Å². The van der Waals surface area contributed by atoms with Crippen molar-refractivity contribution >= 4 is 56.2 Å². The number of aryl methyl sites for hydroxylation is 2. The number of hydrogen-bond donors (Lipinski definition) is 0. The summed E-state index contributed by atoms with van der Waals surface area (Å²) in [6, 6.07) is 27.5. The van der Waals surface area contributed by atoms with Gasteiger partial charge in [-0.1, -0.05) is 52.3 Å². The minimum Gasteiger partial charge on any atom is -0.457 e. The molecule has 0 aliphatic carbocycles. The molecule has 6 heteroatoms. The van der Waals surface area contributed by atoms with Gasteiger partial charge in [0.25, 0.3) is 5.91 Å². The maximum absolute atomic E-state index is 13.5. The number of carbonyl (C=O) groups excluding carboxylic acids is 1. The number of rotatable bonds is 4. The van der Waals surface area contributed by atoms with E-state index in [1.165, 1.54) is 11.8 Å². The average Bonchev–Trinajstić information content (AvgIpc) is 3.39. The van der Waals surface area contributed by atoms with Crippen LogP contribution < -0.4 is 4.90 Å². The quantitative estimate of drug-likeness (QED) is 0.251. The van der Waals surface area contributed by atoms with Gasteiger partial charge >= 0.3 is 0 Å². The summed E-state index contributed by atoms with van der Waals surface area (Å²) in [4.78, 5) is 20.6. The number of benzene rings is 3. The van der Waals surface area contributed by atoms with Gasteiger partial charge in [0.1, 0.15) is 11.5 Å². The average molecular weight is 529 g/mol. The molecule has 0 atom stereocenters. The number of amides is 1. The Bertz CT molecular complexity index is 1440. The van der Waals surface area contributed by atoms with Gasteiger partial charge in [-0.2, -0.15) is 0 Å². The molecule has 1 amide bonds. The number of hydrogen-bond acceptors (Lipinski definition) is 4. The Morgan fingerprint density at radius 1 is 0.912 bits per heavy atom. The van der Waals surface area contributed by atoms with Gasteiger partial charge in [-0.25, -0.2) is 4.99 Å². The smallest absolute Gasteiger partial charge is 0.271 e. The van der Waals surface area contributed by atoms with Crippen molar-refractivity contribution in [3.8, 4) is 11.3 Å². The van der Waals surface area contributed by atoms with Crippen molar-refractivity contribution in [2.75, 3.05) is 4.90 Å². The Hall–Kier alpha value is -3.35. The van der Waals surface area contributed by atoms with Crippen LogP contribution in [0.1, 0.15) is 16.9 Å². The van der Waals surface area contributed by atoms with Gasteiger partial charge < -0.3 is 4.42 Å². The van der Waals surface area contributed by atoms with Crippen LogP contribution in [0.25, 0.3) is 17.4 Å². The first kappa shape index (κ1) is 22.4. The topological polar surface area (TPSA) is 45.8 Å². The van der Waals surface area contributed by atoms with Crippen LogP contribution in [-0.2, 0) is 4.79 Å². The molecule has 1 saturated heterocycles. The Labute approximate surface area is 211 Å². The van der Waals surface area contributed by atoms with Gasteiger partial charge in [0.15, 0.2) is 5.17 Å². The van der Waals surface area contributed by atoms with E-state index in [0.717, 1.165) is 38.3 Å². The van der Waals surface area contributed by atoms with E-state index in [-0.39, 0.29) is 5.91 Å². The van der Waals surface area contributed by atoms with Crippen LogP contribution in [0.15, 0.2) is 104 Å². The second kappa shape index (κ2) is 9.49. The highest BCUT2D eigenvalue weighted by Crippen LogP contribution is 2.38. The minimum atomic E-state index is -0.122. The number of aliphatic imine (C=N–C) groups is 1. The lowest BCUT2D eigenvalue weighted by molar-refractivity contribution is -0.113. The predicted molar refractivity (Wildman–Crippen MR) is 144 cm³/mol. The second-order valence-electron chi connectivity index (χ2n) is 8.03. The van der Waals surface area contributed by atoms with Gasteiger partial charge in [-0.3, -0.25) is 9.69 Å². The first-order valence-electron chi connectivity index (χ1n) is 10.8. The molecule has 2 heterocycles. The third-order valence-electron chi connectivity index (χ3n) is 5.32. The molecule has 34 heavy (non-hydrogen) atoms. The van der Waals surface area contributed by atoms with Crippen molar-refractivity contribution in [2.24, 2.45) is 4.99 Å². The molecule has 0 bridgehead atoms. The summed E-state index contributed by atoms with van der Waals surface area (Å²) in [6.45, 7) is 4.04.